The van der Waals surface area contributed by atoms with Crippen molar-refractivity contribution in [1.29, 1.82) is 0 Å². The largest absolute Gasteiger partial charge is 0.494 e. The molecule has 0 heterocycles. The molecular formula is C21H30N2O. The Morgan fingerprint density at radius 1 is 0.917 bits per heavy atom. The van der Waals surface area contributed by atoms with Crippen molar-refractivity contribution in [2.75, 3.05) is 25.0 Å². The topological polar surface area (TPSA) is 33.3 Å². The first-order chi connectivity index (χ1) is 11.8. The van der Waals surface area contributed by atoms with Gasteiger partial charge in [0.25, 0.3) is 0 Å². The standard InChI is InChI=1S/C21H30N2O/c1-3-5-17-24-20-13-11-19(12-14-20)22-15-16-23-21(4-2)18-9-7-6-8-10-18/h6-14,21-23H,3-5,15-17H2,1-2H3. The number of unbranched alkanes of at least 4 members (excludes halogenated alkanes) is 1. The first-order valence-corrected chi connectivity index (χ1v) is 9.08. The first kappa shape index (κ1) is 18.3. The van der Waals surface area contributed by atoms with Gasteiger partial charge in [-0.25, -0.2) is 0 Å². The second-order valence-corrected chi connectivity index (χ2v) is 5.98. The van der Waals surface area contributed by atoms with Gasteiger partial charge in [0.15, 0.2) is 0 Å². The van der Waals surface area contributed by atoms with Crippen LogP contribution >= 0.6 is 0 Å². The zero-order valence-corrected chi connectivity index (χ0v) is 14.9. The maximum Gasteiger partial charge on any atom is 0.119 e. The van der Waals surface area contributed by atoms with Gasteiger partial charge in [-0.15, -0.1) is 0 Å². The van der Waals surface area contributed by atoms with E-state index in [2.05, 4.69) is 66.9 Å². The van der Waals surface area contributed by atoms with Crippen molar-refractivity contribution in [1.82, 2.24) is 5.32 Å². The summed E-state index contributed by atoms with van der Waals surface area (Å²) in [4.78, 5) is 0. The minimum absolute atomic E-state index is 0.419. The van der Waals surface area contributed by atoms with Crippen LogP contribution in [0.4, 0.5) is 5.69 Å². The minimum Gasteiger partial charge on any atom is -0.494 e. The highest BCUT2D eigenvalue weighted by atomic mass is 16.5. The monoisotopic (exact) mass is 326 g/mol. The summed E-state index contributed by atoms with van der Waals surface area (Å²) in [6.45, 7) is 7.02. The lowest BCUT2D eigenvalue weighted by atomic mass is 10.0. The van der Waals surface area contributed by atoms with E-state index in [9.17, 15) is 0 Å². The molecule has 24 heavy (non-hydrogen) atoms. The van der Waals surface area contributed by atoms with Crippen molar-refractivity contribution in [2.24, 2.45) is 0 Å². The minimum atomic E-state index is 0.419. The second kappa shape index (κ2) is 10.7. The molecule has 0 fully saturated rings. The Kier molecular flexibility index (Phi) is 8.19. The zero-order chi connectivity index (χ0) is 17.0. The Bertz CT molecular complexity index is 554. The number of rotatable bonds is 11. The molecule has 3 heteroatoms. The molecule has 0 radical (unpaired) electrons. The predicted molar refractivity (Wildman–Crippen MR) is 103 cm³/mol. The number of benzene rings is 2. The Labute approximate surface area is 146 Å². The average molecular weight is 326 g/mol. The van der Waals surface area contributed by atoms with E-state index < -0.39 is 0 Å². The molecule has 0 bridgehead atoms. The van der Waals surface area contributed by atoms with Gasteiger partial charge in [0.1, 0.15) is 5.75 Å². The molecule has 0 aliphatic rings. The molecule has 2 aromatic carbocycles. The van der Waals surface area contributed by atoms with E-state index in [1.807, 2.05) is 12.1 Å². The van der Waals surface area contributed by atoms with E-state index in [-0.39, 0.29) is 0 Å². The van der Waals surface area contributed by atoms with Gasteiger partial charge in [-0.1, -0.05) is 50.6 Å². The summed E-state index contributed by atoms with van der Waals surface area (Å²) < 4.78 is 5.68. The number of nitrogens with one attached hydrogen (secondary N) is 2. The highest BCUT2D eigenvalue weighted by Crippen LogP contribution is 2.17. The zero-order valence-electron chi connectivity index (χ0n) is 14.9. The predicted octanol–water partition coefficient (Wildman–Crippen LogP) is 5.02. The van der Waals surface area contributed by atoms with Gasteiger partial charge in [-0.05, 0) is 42.7 Å². The van der Waals surface area contributed by atoms with Gasteiger partial charge in [-0.3, -0.25) is 0 Å². The van der Waals surface area contributed by atoms with Crippen LogP contribution in [-0.2, 0) is 0 Å². The molecule has 2 rings (SSSR count). The quantitative estimate of drug-likeness (QED) is 0.569. The van der Waals surface area contributed by atoms with E-state index in [1.165, 1.54) is 5.56 Å². The molecule has 1 atom stereocenters. The first-order valence-electron chi connectivity index (χ1n) is 9.08. The Morgan fingerprint density at radius 3 is 2.33 bits per heavy atom. The molecule has 130 valence electrons. The van der Waals surface area contributed by atoms with Gasteiger partial charge in [0.05, 0.1) is 6.61 Å². The summed E-state index contributed by atoms with van der Waals surface area (Å²) >= 11 is 0. The molecule has 0 spiro atoms. The number of anilines is 1. The van der Waals surface area contributed by atoms with Gasteiger partial charge >= 0.3 is 0 Å². The fraction of sp³-hybridized carbons (Fsp3) is 0.429. The summed E-state index contributed by atoms with van der Waals surface area (Å²) in [6, 6.07) is 19.3. The van der Waals surface area contributed by atoms with Crippen LogP contribution in [0.1, 0.15) is 44.7 Å². The summed E-state index contributed by atoms with van der Waals surface area (Å²) in [5, 5.41) is 7.07. The number of ether oxygens (including phenoxy) is 1. The summed E-state index contributed by atoms with van der Waals surface area (Å²) in [7, 11) is 0. The van der Waals surface area contributed by atoms with Gasteiger partial charge in [-0.2, -0.15) is 0 Å². The van der Waals surface area contributed by atoms with E-state index in [0.717, 1.165) is 50.4 Å². The van der Waals surface area contributed by atoms with Crippen molar-refractivity contribution < 1.29 is 4.74 Å². The maximum atomic E-state index is 5.68. The Balaban J connectivity index is 1.70. The van der Waals surface area contributed by atoms with E-state index >= 15 is 0 Å². The molecule has 1 unspecified atom stereocenters. The lowest BCUT2D eigenvalue weighted by molar-refractivity contribution is 0.309. The average Bonchev–Trinajstić information content (AvgIpc) is 2.64. The highest BCUT2D eigenvalue weighted by molar-refractivity contribution is 5.46. The van der Waals surface area contributed by atoms with Crippen LogP contribution in [0.25, 0.3) is 0 Å². The molecule has 0 aromatic heterocycles. The molecule has 2 N–H and O–H groups in total. The molecule has 0 saturated heterocycles. The second-order valence-electron chi connectivity index (χ2n) is 5.98. The molecule has 0 amide bonds. The van der Waals surface area contributed by atoms with Crippen LogP contribution in [0.3, 0.4) is 0 Å². The normalized spacial score (nSPS) is 11.9. The van der Waals surface area contributed by atoms with Gasteiger partial charge in [0.2, 0.25) is 0 Å². The van der Waals surface area contributed by atoms with Crippen molar-refractivity contribution in [3.05, 3.63) is 60.2 Å². The van der Waals surface area contributed by atoms with Crippen molar-refractivity contribution in [3.63, 3.8) is 0 Å². The van der Waals surface area contributed by atoms with E-state index in [1.54, 1.807) is 0 Å². The molecule has 0 aliphatic carbocycles. The fourth-order valence-corrected chi connectivity index (χ4v) is 2.64. The summed E-state index contributed by atoms with van der Waals surface area (Å²) in [5.41, 5.74) is 2.49. The highest BCUT2D eigenvalue weighted by Gasteiger charge is 2.06. The van der Waals surface area contributed by atoms with Crippen LogP contribution in [0.2, 0.25) is 0 Å². The Hall–Kier alpha value is -2.00. The lowest BCUT2D eigenvalue weighted by Gasteiger charge is -2.18. The summed E-state index contributed by atoms with van der Waals surface area (Å²) in [6.07, 6.45) is 3.36. The van der Waals surface area contributed by atoms with Gasteiger partial charge in [0, 0.05) is 24.8 Å². The van der Waals surface area contributed by atoms with Crippen molar-refractivity contribution in [2.45, 2.75) is 39.2 Å². The van der Waals surface area contributed by atoms with Crippen LogP contribution < -0.4 is 15.4 Å². The van der Waals surface area contributed by atoms with E-state index in [0.29, 0.717) is 6.04 Å². The third kappa shape index (κ3) is 6.25. The molecule has 3 nitrogen and oxygen atoms in total. The van der Waals surface area contributed by atoms with Crippen molar-refractivity contribution >= 4 is 5.69 Å². The molecular weight excluding hydrogens is 296 g/mol. The fourth-order valence-electron chi connectivity index (χ4n) is 2.64. The van der Waals surface area contributed by atoms with Crippen LogP contribution in [0.5, 0.6) is 5.75 Å². The lowest BCUT2D eigenvalue weighted by Crippen LogP contribution is -2.26. The molecule has 2 aromatic rings. The molecule has 0 saturated carbocycles. The number of hydrogen-bond donors (Lipinski definition) is 2. The van der Waals surface area contributed by atoms with Crippen molar-refractivity contribution in [3.8, 4) is 5.75 Å². The third-order valence-corrected chi connectivity index (χ3v) is 4.08. The Morgan fingerprint density at radius 2 is 1.67 bits per heavy atom. The van der Waals surface area contributed by atoms with E-state index in [4.69, 9.17) is 4.74 Å². The van der Waals surface area contributed by atoms with Crippen LogP contribution in [0, 0.1) is 0 Å². The number of hydrogen-bond acceptors (Lipinski definition) is 3. The smallest absolute Gasteiger partial charge is 0.119 e. The third-order valence-electron chi connectivity index (χ3n) is 4.08. The van der Waals surface area contributed by atoms with Crippen LogP contribution in [0.15, 0.2) is 54.6 Å². The van der Waals surface area contributed by atoms with Crippen LogP contribution in [-0.4, -0.2) is 19.7 Å². The maximum absolute atomic E-state index is 5.68. The SMILES string of the molecule is CCCCOc1ccc(NCCNC(CC)c2ccccc2)cc1. The molecule has 0 aliphatic heterocycles. The van der Waals surface area contributed by atoms with Gasteiger partial charge < -0.3 is 15.4 Å². The summed E-state index contributed by atoms with van der Waals surface area (Å²) in [5.74, 6) is 0.947.